The molecule has 4 heteroatoms. The van der Waals surface area contributed by atoms with E-state index in [1.807, 2.05) is 11.8 Å². The number of nitrogens with zero attached hydrogens (tertiary/aromatic N) is 1. The molecule has 0 bridgehead atoms. The Hall–Kier alpha value is -0.610. The first kappa shape index (κ1) is 12.8. The van der Waals surface area contributed by atoms with E-state index in [-0.39, 0.29) is 23.5 Å². The number of hydrogen-bond donors (Lipinski definition) is 2. The van der Waals surface area contributed by atoms with Crippen LogP contribution >= 0.6 is 0 Å². The van der Waals surface area contributed by atoms with Crippen molar-refractivity contribution in [2.45, 2.75) is 51.2 Å². The predicted octanol–water partition coefficient (Wildman–Crippen LogP) is 0.748. The van der Waals surface area contributed by atoms with E-state index in [1.54, 1.807) is 0 Å². The molecule has 2 N–H and O–H groups in total. The summed E-state index contributed by atoms with van der Waals surface area (Å²) in [7, 11) is 0. The number of rotatable bonds is 2. The van der Waals surface area contributed by atoms with E-state index < -0.39 is 0 Å². The molecule has 1 amide bonds. The first-order valence-electron chi connectivity index (χ1n) is 6.81. The van der Waals surface area contributed by atoms with E-state index in [1.165, 1.54) is 0 Å². The van der Waals surface area contributed by atoms with Crippen LogP contribution in [0.4, 0.5) is 0 Å². The molecule has 0 saturated carbocycles. The molecule has 2 aliphatic rings. The average Bonchev–Trinajstić information content (AvgIpc) is 2.81. The van der Waals surface area contributed by atoms with Crippen molar-refractivity contribution in [3.05, 3.63) is 0 Å². The van der Waals surface area contributed by atoms with Gasteiger partial charge in [0.05, 0.1) is 11.6 Å². The second-order valence-corrected chi connectivity index (χ2v) is 5.55. The van der Waals surface area contributed by atoms with Crippen molar-refractivity contribution in [1.82, 2.24) is 10.2 Å². The molecule has 0 radical (unpaired) electrons. The standard InChI is InChI=1S/C13H24N2O2/c1-3-13(6-4-7-14-13)12(17)15-8-5-11(16)10(2)9-15/h10-11,14,16H,3-9H2,1-2H3. The number of carbonyl (C=O) groups excluding carboxylic acids is 1. The first-order valence-corrected chi connectivity index (χ1v) is 6.81. The van der Waals surface area contributed by atoms with Gasteiger partial charge < -0.3 is 15.3 Å². The topological polar surface area (TPSA) is 52.6 Å². The van der Waals surface area contributed by atoms with Crippen molar-refractivity contribution in [2.24, 2.45) is 5.92 Å². The SMILES string of the molecule is CCC1(C(=O)N2CCC(O)C(C)C2)CCCN1. The van der Waals surface area contributed by atoms with Crippen LogP contribution in [0.25, 0.3) is 0 Å². The van der Waals surface area contributed by atoms with Crippen LogP contribution in [0.3, 0.4) is 0 Å². The van der Waals surface area contributed by atoms with Crippen molar-refractivity contribution < 1.29 is 9.90 Å². The summed E-state index contributed by atoms with van der Waals surface area (Å²) in [6.45, 7) is 6.45. The van der Waals surface area contributed by atoms with Gasteiger partial charge in [-0.05, 0) is 38.1 Å². The van der Waals surface area contributed by atoms with Gasteiger partial charge in [0.15, 0.2) is 0 Å². The fourth-order valence-electron chi connectivity index (χ4n) is 3.06. The monoisotopic (exact) mass is 240 g/mol. The van der Waals surface area contributed by atoms with Crippen molar-refractivity contribution >= 4 is 5.91 Å². The van der Waals surface area contributed by atoms with Gasteiger partial charge in [-0.15, -0.1) is 0 Å². The third-order valence-electron chi connectivity index (χ3n) is 4.40. The maximum Gasteiger partial charge on any atom is 0.242 e. The molecule has 0 aromatic rings. The molecule has 3 atom stereocenters. The van der Waals surface area contributed by atoms with Crippen LogP contribution in [-0.4, -0.2) is 47.2 Å². The lowest BCUT2D eigenvalue weighted by Crippen LogP contribution is -2.57. The lowest BCUT2D eigenvalue weighted by molar-refractivity contribution is -0.141. The molecule has 98 valence electrons. The van der Waals surface area contributed by atoms with E-state index in [0.29, 0.717) is 19.5 Å². The van der Waals surface area contributed by atoms with Crippen molar-refractivity contribution in [2.75, 3.05) is 19.6 Å². The van der Waals surface area contributed by atoms with Gasteiger partial charge in [0.25, 0.3) is 0 Å². The smallest absolute Gasteiger partial charge is 0.242 e. The predicted molar refractivity (Wildman–Crippen MR) is 66.6 cm³/mol. The minimum atomic E-state index is -0.317. The number of nitrogens with one attached hydrogen (secondary N) is 1. The largest absolute Gasteiger partial charge is 0.393 e. The van der Waals surface area contributed by atoms with Gasteiger partial charge in [-0.3, -0.25) is 4.79 Å². The lowest BCUT2D eigenvalue weighted by Gasteiger charge is -2.39. The Bertz CT molecular complexity index is 287. The fourth-order valence-corrected chi connectivity index (χ4v) is 3.06. The summed E-state index contributed by atoms with van der Waals surface area (Å²) in [5.41, 5.74) is -0.317. The summed E-state index contributed by atoms with van der Waals surface area (Å²) in [6.07, 6.45) is 3.38. The molecule has 2 heterocycles. The van der Waals surface area contributed by atoms with E-state index >= 15 is 0 Å². The highest BCUT2D eigenvalue weighted by Crippen LogP contribution is 2.28. The van der Waals surface area contributed by atoms with Gasteiger partial charge in [-0.25, -0.2) is 0 Å². The fraction of sp³-hybridized carbons (Fsp3) is 0.923. The summed E-state index contributed by atoms with van der Waals surface area (Å²) in [4.78, 5) is 14.5. The number of piperidine rings is 1. The Labute approximate surface area is 103 Å². The molecule has 4 nitrogen and oxygen atoms in total. The average molecular weight is 240 g/mol. The Morgan fingerprint density at radius 2 is 2.35 bits per heavy atom. The molecule has 2 rings (SSSR count). The molecule has 2 saturated heterocycles. The number of aliphatic hydroxyl groups excluding tert-OH is 1. The Morgan fingerprint density at radius 1 is 1.59 bits per heavy atom. The Balaban J connectivity index is 2.04. The third-order valence-corrected chi connectivity index (χ3v) is 4.40. The summed E-state index contributed by atoms with van der Waals surface area (Å²) < 4.78 is 0. The molecule has 17 heavy (non-hydrogen) atoms. The molecule has 2 aliphatic heterocycles. The van der Waals surface area contributed by atoms with Gasteiger partial charge in [0.1, 0.15) is 0 Å². The Kier molecular flexibility index (Phi) is 3.73. The molecule has 0 spiro atoms. The number of aliphatic hydroxyl groups is 1. The van der Waals surface area contributed by atoms with Crippen LogP contribution in [-0.2, 0) is 4.79 Å². The zero-order valence-electron chi connectivity index (χ0n) is 10.9. The van der Waals surface area contributed by atoms with Crippen LogP contribution in [0.1, 0.15) is 39.5 Å². The summed E-state index contributed by atoms with van der Waals surface area (Å²) in [5.74, 6) is 0.444. The number of amides is 1. The molecule has 3 unspecified atom stereocenters. The van der Waals surface area contributed by atoms with Crippen molar-refractivity contribution in [3.63, 3.8) is 0 Å². The van der Waals surface area contributed by atoms with E-state index in [4.69, 9.17) is 0 Å². The minimum absolute atomic E-state index is 0.197. The minimum Gasteiger partial charge on any atom is -0.393 e. The molecule has 0 aromatic carbocycles. The van der Waals surface area contributed by atoms with Gasteiger partial charge in [0.2, 0.25) is 5.91 Å². The number of hydrogen-bond acceptors (Lipinski definition) is 3. The van der Waals surface area contributed by atoms with Crippen molar-refractivity contribution in [1.29, 1.82) is 0 Å². The zero-order chi connectivity index (χ0) is 12.5. The van der Waals surface area contributed by atoms with Crippen LogP contribution in [0.5, 0.6) is 0 Å². The highest BCUT2D eigenvalue weighted by atomic mass is 16.3. The second kappa shape index (κ2) is 4.94. The quantitative estimate of drug-likeness (QED) is 0.749. The number of carbonyl (C=O) groups is 1. The van der Waals surface area contributed by atoms with E-state index in [9.17, 15) is 9.90 Å². The normalized spacial score (nSPS) is 38.4. The molecule has 0 aliphatic carbocycles. The van der Waals surface area contributed by atoms with Gasteiger partial charge >= 0.3 is 0 Å². The zero-order valence-corrected chi connectivity index (χ0v) is 10.9. The molecular formula is C13H24N2O2. The lowest BCUT2D eigenvalue weighted by atomic mass is 9.89. The second-order valence-electron chi connectivity index (χ2n) is 5.55. The maximum absolute atomic E-state index is 12.6. The highest BCUT2D eigenvalue weighted by molar-refractivity contribution is 5.86. The van der Waals surface area contributed by atoms with Gasteiger partial charge in [-0.2, -0.15) is 0 Å². The highest BCUT2D eigenvalue weighted by Gasteiger charge is 2.43. The van der Waals surface area contributed by atoms with Gasteiger partial charge in [-0.1, -0.05) is 13.8 Å². The summed E-state index contributed by atoms with van der Waals surface area (Å²) in [6, 6.07) is 0. The summed E-state index contributed by atoms with van der Waals surface area (Å²) >= 11 is 0. The molecular weight excluding hydrogens is 216 g/mol. The van der Waals surface area contributed by atoms with E-state index in [2.05, 4.69) is 12.2 Å². The molecule has 0 aromatic heterocycles. The van der Waals surface area contributed by atoms with E-state index in [0.717, 1.165) is 25.8 Å². The third kappa shape index (κ3) is 2.33. The van der Waals surface area contributed by atoms with Crippen LogP contribution in [0, 0.1) is 5.92 Å². The number of likely N-dealkylation sites (tertiary alicyclic amines) is 1. The maximum atomic E-state index is 12.6. The van der Waals surface area contributed by atoms with Crippen LogP contribution in [0.2, 0.25) is 0 Å². The summed E-state index contributed by atoms with van der Waals surface area (Å²) in [5, 5.41) is 13.1. The van der Waals surface area contributed by atoms with Crippen LogP contribution in [0.15, 0.2) is 0 Å². The van der Waals surface area contributed by atoms with Crippen LogP contribution < -0.4 is 5.32 Å². The van der Waals surface area contributed by atoms with Gasteiger partial charge in [0, 0.05) is 13.1 Å². The van der Waals surface area contributed by atoms with Crippen molar-refractivity contribution in [3.8, 4) is 0 Å². The Morgan fingerprint density at radius 3 is 2.88 bits per heavy atom. The molecule has 2 fully saturated rings. The first-order chi connectivity index (χ1) is 8.09.